The molecule has 11 fully saturated rings. The van der Waals surface area contributed by atoms with Crippen molar-refractivity contribution < 1.29 is 0 Å². The molecule has 0 radical (unpaired) electrons. The number of nitrogens with zero attached hydrogens (tertiary/aromatic N) is 3. The van der Waals surface area contributed by atoms with Gasteiger partial charge >= 0.3 is 0 Å². The van der Waals surface area contributed by atoms with E-state index in [2.05, 4.69) is 159 Å². The van der Waals surface area contributed by atoms with Gasteiger partial charge in [-0.25, -0.2) is 0 Å². The summed E-state index contributed by atoms with van der Waals surface area (Å²) in [5.74, 6) is 27.6. The van der Waals surface area contributed by atoms with Crippen LogP contribution in [0.25, 0.3) is 22.5 Å². The van der Waals surface area contributed by atoms with Crippen LogP contribution in [0.5, 0.6) is 0 Å². The van der Waals surface area contributed by atoms with E-state index in [4.69, 9.17) is 0 Å². The van der Waals surface area contributed by atoms with Crippen molar-refractivity contribution in [2.45, 2.75) is 31.6 Å². The Morgan fingerprint density at radius 2 is 0.806 bits per heavy atom. The van der Waals surface area contributed by atoms with Crippen molar-refractivity contribution in [3.05, 3.63) is 174 Å². The van der Waals surface area contributed by atoms with Gasteiger partial charge in [-0.1, -0.05) is 95.1 Å². The van der Waals surface area contributed by atoms with Gasteiger partial charge in [-0.3, -0.25) is 9.97 Å². The van der Waals surface area contributed by atoms with Crippen LogP contribution >= 0.6 is 0 Å². The number of hydrogen-bond acceptors (Lipinski definition) is 3. The molecule has 22 rings (SSSR count). The second-order valence-electron chi connectivity index (χ2n) is 27.8. The van der Waals surface area contributed by atoms with E-state index in [1.165, 1.54) is 17.1 Å². The first-order valence-corrected chi connectivity index (χ1v) is 29.6. The molecule has 3 heteroatoms. The van der Waals surface area contributed by atoms with Gasteiger partial charge in [-0.15, -0.1) is 0 Å². The number of benzene rings is 3. The second kappa shape index (κ2) is 12.1. The molecule has 5 aromatic rings. The van der Waals surface area contributed by atoms with Crippen LogP contribution in [0.4, 0.5) is 17.1 Å². The fourth-order valence-corrected chi connectivity index (χ4v) is 27.1. The zero-order chi connectivity index (χ0) is 45.5. The van der Waals surface area contributed by atoms with Gasteiger partial charge in [0.2, 0.25) is 0 Å². The number of rotatable bonds is 6. The molecule has 0 spiro atoms. The molecule has 0 N–H and O–H groups in total. The third kappa shape index (κ3) is 3.81. The first-order chi connectivity index (χ1) is 35.8. The standard InChI is InChI=1S/C69H61N3/c1-3-27-70-43(5-1)29-7-13-32(14-8-29)72(33-15-9-30(10-16-33)44-6-2-4-28-71-44)34-17-11-31(12-18-34)45-56-54-41-25-23-39-37-21-19-35-36-20-22-38-40-24-26-42-53-51(40)60-49(38)47(36)58-46(35)48(37)59-50(39)52(41)61-63(54)64(55(42)57(45)56)62(53)69-67(60)65(58)66(59)68(61)69/h1-19,21,23,25,27-28,35-42,45-53,55-58,60-62,64-65,67-69H,20,22,24,26H2. The maximum absolute atomic E-state index is 4.69. The number of pyridine rings is 2. The van der Waals surface area contributed by atoms with Crippen LogP contribution in [0.15, 0.2) is 168 Å². The lowest BCUT2D eigenvalue weighted by atomic mass is 9.44. The zero-order valence-electron chi connectivity index (χ0n) is 40.8. The average Bonchev–Trinajstić information content (AvgIpc) is 4.15. The summed E-state index contributed by atoms with van der Waals surface area (Å²) in [7, 11) is 0. The fraction of sp³-hybridized carbons (Fsp3) is 0.478. The largest absolute Gasteiger partial charge is 0.311 e. The fourth-order valence-electron chi connectivity index (χ4n) is 27.1. The molecule has 0 saturated heterocycles. The summed E-state index contributed by atoms with van der Waals surface area (Å²) in [4.78, 5) is 11.9. The quantitative estimate of drug-likeness (QED) is 0.159. The SMILES string of the molecule is C1=CC2C3C=CC4C5CCC6C7CCC8C9C%10C%11=C(C1C1C2C2=C%12C(C%111)C1C%10C8C7C7C6C5C(C%12C17)C4C23)C1C(c2ccc(N(c3ccc(-c4ccccn4)cc3)c3ccc(-c4ccccn4)cc3)cc2)C19. The third-order valence-corrected chi connectivity index (χ3v) is 27.3. The summed E-state index contributed by atoms with van der Waals surface area (Å²) < 4.78 is 0. The lowest BCUT2D eigenvalue weighted by Crippen LogP contribution is -2.57. The molecule has 11 saturated carbocycles. The van der Waals surface area contributed by atoms with Gasteiger partial charge in [0, 0.05) is 46.5 Å². The van der Waals surface area contributed by atoms with E-state index in [-0.39, 0.29) is 0 Å². The van der Waals surface area contributed by atoms with E-state index in [0.717, 1.165) is 182 Å². The van der Waals surface area contributed by atoms with Crippen LogP contribution in [0.2, 0.25) is 0 Å². The number of allylic oxidation sites excluding steroid dienone is 8. The molecule has 3 nitrogen and oxygen atoms in total. The summed E-state index contributed by atoms with van der Waals surface area (Å²) in [6.45, 7) is 0. The minimum atomic E-state index is 0.685. The maximum Gasteiger partial charge on any atom is 0.0701 e. The number of aromatic nitrogens is 2. The lowest BCUT2D eigenvalue weighted by Gasteiger charge is -2.60. The molecule has 0 aliphatic heterocycles. The van der Waals surface area contributed by atoms with Gasteiger partial charge in [-0.2, -0.15) is 0 Å². The van der Waals surface area contributed by atoms with Crippen molar-refractivity contribution in [1.29, 1.82) is 0 Å². The Bertz CT molecular complexity index is 3340. The molecule has 2 aromatic heterocycles. The molecule has 352 valence electrons. The molecule has 29 atom stereocenters. The molecule has 2 heterocycles. The number of fused-ring (bicyclic) bond motifs is 8. The molecule has 17 aliphatic rings. The molecular weight excluding hydrogens is 871 g/mol. The second-order valence-corrected chi connectivity index (χ2v) is 27.8. The Labute approximate surface area is 423 Å². The topological polar surface area (TPSA) is 29.0 Å². The van der Waals surface area contributed by atoms with Gasteiger partial charge in [-0.05, 0) is 258 Å². The maximum atomic E-state index is 4.69. The van der Waals surface area contributed by atoms with E-state index in [0.29, 0.717) is 11.8 Å². The molecule has 17 aliphatic carbocycles. The van der Waals surface area contributed by atoms with E-state index in [1.54, 1.807) is 31.2 Å². The van der Waals surface area contributed by atoms with Gasteiger partial charge in [0.15, 0.2) is 0 Å². The van der Waals surface area contributed by atoms with Crippen molar-refractivity contribution in [3.63, 3.8) is 0 Å². The molecule has 0 amide bonds. The summed E-state index contributed by atoms with van der Waals surface area (Å²) in [6.07, 6.45) is 22.0. The van der Waals surface area contributed by atoms with Gasteiger partial charge in [0.1, 0.15) is 0 Å². The Morgan fingerprint density at radius 3 is 1.49 bits per heavy atom. The van der Waals surface area contributed by atoms with Crippen molar-refractivity contribution >= 4 is 17.1 Å². The van der Waals surface area contributed by atoms with Crippen molar-refractivity contribution in [2.75, 3.05) is 4.90 Å². The van der Waals surface area contributed by atoms with Crippen molar-refractivity contribution in [1.82, 2.24) is 9.97 Å². The van der Waals surface area contributed by atoms with Gasteiger partial charge in [0.05, 0.1) is 11.4 Å². The van der Waals surface area contributed by atoms with Crippen LogP contribution in [0.1, 0.15) is 37.2 Å². The lowest BCUT2D eigenvalue weighted by molar-refractivity contribution is -0.127. The summed E-state index contributed by atoms with van der Waals surface area (Å²) in [5, 5.41) is 0. The van der Waals surface area contributed by atoms with E-state index >= 15 is 0 Å². The summed E-state index contributed by atoms with van der Waals surface area (Å²) in [5.41, 5.74) is 18.4. The molecular formula is C69H61N3. The Kier molecular flexibility index (Phi) is 6.30. The smallest absolute Gasteiger partial charge is 0.0701 e. The molecule has 3 aromatic carbocycles. The first kappa shape index (κ1) is 37.5. The predicted molar refractivity (Wildman–Crippen MR) is 279 cm³/mol. The van der Waals surface area contributed by atoms with E-state index in [9.17, 15) is 0 Å². The summed E-state index contributed by atoms with van der Waals surface area (Å²) >= 11 is 0. The van der Waals surface area contributed by atoms with E-state index in [1.807, 2.05) is 24.5 Å². The summed E-state index contributed by atoms with van der Waals surface area (Å²) in [6, 6.07) is 40.8. The number of anilines is 3. The van der Waals surface area contributed by atoms with Crippen LogP contribution in [0.3, 0.4) is 0 Å². The molecule has 0 bridgehead atoms. The molecule has 29 unspecified atom stereocenters. The van der Waals surface area contributed by atoms with Crippen LogP contribution in [0, 0.1) is 166 Å². The number of hydrogen-bond donors (Lipinski definition) is 0. The monoisotopic (exact) mass is 931 g/mol. The zero-order valence-corrected chi connectivity index (χ0v) is 40.8. The average molecular weight is 932 g/mol. The normalized spacial score (nSPS) is 52.4. The Hall–Kier alpha value is -5.28. The highest BCUT2D eigenvalue weighted by atomic mass is 15.1. The Morgan fingerprint density at radius 1 is 0.319 bits per heavy atom. The minimum Gasteiger partial charge on any atom is -0.311 e. The van der Waals surface area contributed by atoms with Crippen molar-refractivity contribution in [2.24, 2.45) is 166 Å². The van der Waals surface area contributed by atoms with Crippen molar-refractivity contribution in [3.8, 4) is 22.5 Å². The van der Waals surface area contributed by atoms with Gasteiger partial charge in [0.25, 0.3) is 0 Å². The van der Waals surface area contributed by atoms with Crippen LogP contribution < -0.4 is 4.90 Å². The highest BCUT2D eigenvalue weighted by molar-refractivity contribution is 5.79. The highest BCUT2D eigenvalue weighted by Crippen LogP contribution is 2.92. The highest BCUT2D eigenvalue weighted by Gasteiger charge is 2.87. The Balaban J connectivity index is 0.700. The van der Waals surface area contributed by atoms with E-state index < -0.39 is 0 Å². The molecule has 72 heavy (non-hydrogen) atoms. The minimum absolute atomic E-state index is 0.685. The van der Waals surface area contributed by atoms with Crippen LogP contribution in [-0.4, -0.2) is 9.97 Å². The third-order valence-electron chi connectivity index (χ3n) is 27.3. The predicted octanol–water partition coefficient (Wildman–Crippen LogP) is 14.1. The van der Waals surface area contributed by atoms with Crippen LogP contribution in [-0.2, 0) is 0 Å². The van der Waals surface area contributed by atoms with Gasteiger partial charge < -0.3 is 4.90 Å². The first-order valence-electron chi connectivity index (χ1n) is 29.6.